The van der Waals surface area contributed by atoms with Crippen LogP contribution < -0.4 is 0 Å². The number of rotatable bonds is 5. The molecule has 1 amide bonds. The molecule has 2 rings (SSSR count). The Hall–Kier alpha value is -2.35. The van der Waals surface area contributed by atoms with E-state index < -0.39 is 41.1 Å². The van der Waals surface area contributed by atoms with Crippen LogP contribution in [-0.2, 0) is 19.2 Å². The third-order valence-electron chi connectivity index (χ3n) is 4.18. The minimum atomic E-state index is -1.25. The fraction of sp³-hybridized carbons (Fsp3) is 0.412. The molecule has 1 saturated heterocycles. The first kappa shape index (κ1) is 19.0. The Balaban J connectivity index is 2.48. The molecule has 1 aromatic carbocycles. The lowest BCUT2D eigenvalue weighted by atomic mass is 9.93. The molecule has 134 valence electrons. The molecule has 0 bridgehead atoms. The van der Waals surface area contributed by atoms with E-state index in [2.05, 4.69) is 0 Å². The van der Waals surface area contributed by atoms with Crippen molar-refractivity contribution in [3.63, 3.8) is 0 Å². The van der Waals surface area contributed by atoms with Gasteiger partial charge in [0.05, 0.1) is 17.2 Å². The van der Waals surface area contributed by atoms with Crippen LogP contribution >= 0.6 is 11.8 Å². The minimum absolute atomic E-state index is 0.173. The van der Waals surface area contributed by atoms with Crippen LogP contribution in [-0.4, -0.2) is 49.4 Å². The van der Waals surface area contributed by atoms with Crippen molar-refractivity contribution >= 4 is 34.7 Å². The molecule has 0 radical (unpaired) electrons. The molecule has 0 spiro atoms. The third-order valence-corrected chi connectivity index (χ3v) is 5.07. The van der Waals surface area contributed by atoms with Gasteiger partial charge in [0, 0.05) is 6.92 Å². The predicted molar refractivity (Wildman–Crippen MR) is 90.9 cm³/mol. The van der Waals surface area contributed by atoms with Gasteiger partial charge in [0.15, 0.2) is 5.12 Å². The molecule has 1 aromatic rings. The van der Waals surface area contributed by atoms with Crippen LogP contribution in [0.1, 0.15) is 31.9 Å². The molecule has 4 atom stereocenters. The molecule has 0 unspecified atom stereocenters. The second-order valence-corrected chi connectivity index (χ2v) is 7.40. The Morgan fingerprint density at radius 2 is 1.72 bits per heavy atom. The first-order valence-corrected chi connectivity index (χ1v) is 8.62. The summed E-state index contributed by atoms with van der Waals surface area (Å²) in [6.45, 7) is 2.84. The predicted octanol–water partition coefficient (Wildman–Crippen LogP) is 1.78. The van der Waals surface area contributed by atoms with Crippen molar-refractivity contribution in [2.75, 3.05) is 0 Å². The van der Waals surface area contributed by atoms with Gasteiger partial charge in [-0.05, 0) is 18.9 Å². The van der Waals surface area contributed by atoms with Gasteiger partial charge in [-0.25, -0.2) is 4.79 Å². The molecule has 8 heteroatoms. The number of carboxylic acids is 2. The van der Waals surface area contributed by atoms with Gasteiger partial charge in [-0.15, -0.1) is 0 Å². The summed E-state index contributed by atoms with van der Waals surface area (Å²) in [4.78, 5) is 48.6. The number of aliphatic carboxylic acids is 2. The molecule has 0 aromatic heterocycles. The van der Waals surface area contributed by atoms with Crippen molar-refractivity contribution in [2.45, 2.75) is 37.6 Å². The molecule has 0 aliphatic carbocycles. The Morgan fingerprint density at radius 3 is 2.20 bits per heavy atom. The molecule has 0 saturated carbocycles. The van der Waals surface area contributed by atoms with Gasteiger partial charge in [0.25, 0.3) is 0 Å². The van der Waals surface area contributed by atoms with E-state index in [4.69, 9.17) is 0 Å². The van der Waals surface area contributed by atoms with Crippen molar-refractivity contribution in [3.05, 3.63) is 35.9 Å². The number of benzene rings is 1. The highest BCUT2D eigenvalue weighted by Crippen LogP contribution is 2.42. The van der Waals surface area contributed by atoms with Crippen molar-refractivity contribution in [3.8, 4) is 0 Å². The van der Waals surface area contributed by atoms with Crippen LogP contribution in [0.15, 0.2) is 30.3 Å². The van der Waals surface area contributed by atoms with Crippen molar-refractivity contribution < 1.29 is 29.4 Å². The average molecular weight is 365 g/mol. The largest absolute Gasteiger partial charge is 0.481 e. The van der Waals surface area contributed by atoms with E-state index in [0.29, 0.717) is 5.56 Å². The van der Waals surface area contributed by atoms with E-state index in [-0.39, 0.29) is 11.5 Å². The number of likely N-dealkylation sites (tertiary alicyclic amines) is 1. The van der Waals surface area contributed by atoms with Crippen LogP contribution in [0.2, 0.25) is 0 Å². The maximum absolute atomic E-state index is 12.8. The Bertz CT molecular complexity index is 692. The van der Waals surface area contributed by atoms with E-state index in [9.17, 15) is 29.4 Å². The molecule has 1 fully saturated rings. The molecule has 7 nitrogen and oxygen atoms in total. The van der Waals surface area contributed by atoms with Gasteiger partial charge >= 0.3 is 11.9 Å². The van der Waals surface area contributed by atoms with E-state index >= 15 is 0 Å². The Labute approximate surface area is 149 Å². The lowest BCUT2D eigenvalue weighted by molar-refractivity contribution is -0.150. The summed E-state index contributed by atoms with van der Waals surface area (Å²) < 4.78 is 0. The quantitative estimate of drug-likeness (QED) is 0.818. The summed E-state index contributed by atoms with van der Waals surface area (Å²) in [6.07, 6.45) is -0.173. The number of thioether (sulfide) groups is 1. The summed E-state index contributed by atoms with van der Waals surface area (Å²) in [7, 11) is 0. The number of carboxylic acid groups (broad SMARTS) is 2. The number of hydrogen-bond donors (Lipinski definition) is 2. The lowest BCUT2D eigenvalue weighted by Gasteiger charge is -2.31. The molecule has 25 heavy (non-hydrogen) atoms. The van der Waals surface area contributed by atoms with Crippen LogP contribution in [0.3, 0.4) is 0 Å². The monoisotopic (exact) mass is 365 g/mol. The average Bonchev–Trinajstić information content (AvgIpc) is 2.95. The van der Waals surface area contributed by atoms with Crippen LogP contribution in [0.4, 0.5) is 0 Å². The van der Waals surface area contributed by atoms with Crippen molar-refractivity contribution in [2.24, 2.45) is 5.92 Å². The van der Waals surface area contributed by atoms with E-state index in [1.165, 1.54) is 13.8 Å². The van der Waals surface area contributed by atoms with Gasteiger partial charge < -0.3 is 15.1 Å². The fourth-order valence-electron chi connectivity index (χ4n) is 3.17. The van der Waals surface area contributed by atoms with Crippen molar-refractivity contribution in [1.82, 2.24) is 4.90 Å². The lowest BCUT2D eigenvalue weighted by Crippen LogP contribution is -2.45. The Morgan fingerprint density at radius 1 is 1.12 bits per heavy atom. The number of carbonyl (C=O) groups excluding carboxylic acids is 2. The van der Waals surface area contributed by atoms with E-state index in [0.717, 1.165) is 16.7 Å². The number of nitrogens with zero attached hydrogens (tertiary/aromatic N) is 1. The molecular formula is C17H19NO6S. The number of amides is 1. The molecule has 2 N–H and O–H groups in total. The summed E-state index contributed by atoms with van der Waals surface area (Å²) >= 11 is 0.800. The van der Waals surface area contributed by atoms with Crippen LogP contribution in [0.25, 0.3) is 0 Å². The van der Waals surface area contributed by atoms with Gasteiger partial charge in [-0.2, -0.15) is 0 Å². The van der Waals surface area contributed by atoms with Gasteiger partial charge in [-0.3, -0.25) is 14.4 Å². The first-order chi connectivity index (χ1) is 11.7. The highest BCUT2D eigenvalue weighted by Gasteiger charge is 2.51. The standard InChI is InChI=1S/C17H19NO6S/c1-9(25-10(2)19)15(20)18-13(17(23)24)8-12(16(21)22)14(18)11-6-4-3-5-7-11/h3-7,9,12-14H,8H2,1-2H3,(H,21,22)(H,23,24)/t9-,12+,13+,14+/m1/s1. The highest BCUT2D eigenvalue weighted by molar-refractivity contribution is 8.14. The minimum Gasteiger partial charge on any atom is -0.481 e. The zero-order chi connectivity index (χ0) is 18.7. The number of carbonyl (C=O) groups is 4. The first-order valence-electron chi connectivity index (χ1n) is 7.74. The second-order valence-electron chi connectivity index (χ2n) is 5.89. The summed E-state index contributed by atoms with van der Waals surface area (Å²) in [6, 6.07) is 6.39. The fourth-order valence-corrected chi connectivity index (χ4v) is 3.89. The number of hydrogen-bond acceptors (Lipinski definition) is 5. The van der Waals surface area contributed by atoms with E-state index in [1.54, 1.807) is 30.3 Å². The summed E-state index contributed by atoms with van der Waals surface area (Å²) in [5, 5.41) is 18.0. The molecule has 1 heterocycles. The second kappa shape index (κ2) is 7.69. The smallest absolute Gasteiger partial charge is 0.326 e. The third kappa shape index (κ3) is 4.01. The van der Waals surface area contributed by atoms with Crippen molar-refractivity contribution in [1.29, 1.82) is 0 Å². The topological polar surface area (TPSA) is 112 Å². The maximum Gasteiger partial charge on any atom is 0.326 e. The maximum atomic E-state index is 12.8. The van der Waals surface area contributed by atoms with Gasteiger partial charge in [0.2, 0.25) is 5.91 Å². The van der Waals surface area contributed by atoms with Crippen LogP contribution in [0.5, 0.6) is 0 Å². The molecule has 1 aliphatic rings. The zero-order valence-corrected chi connectivity index (χ0v) is 14.6. The van der Waals surface area contributed by atoms with E-state index in [1.807, 2.05) is 0 Å². The SMILES string of the molecule is CC(=O)S[C@H](C)C(=O)N1[C@H](C(=O)O)C[C@H](C(=O)O)[C@@H]1c1ccccc1. The van der Waals surface area contributed by atoms with Crippen LogP contribution in [0, 0.1) is 5.92 Å². The van der Waals surface area contributed by atoms with Gasteiger partial charge in [-0.1, -0.05) is 42.1 Å². The summed E-state index contributed by atoms with van der Waals surface area (Å²) in [5.41, 5.74) is 0.562. The summed E-state index contributed by atoms with van der Waals surface area (Å²) in [5.74, 6) is -3.98. The molecular weight excluding hydrogens is 346 g/mol. The highest BCUT2D eigenvalue weighted by atomic mass is 32.2. The molecule has 1 aliphatic heterocycles. The normalized spacial score (nSPS) is 23.9. The van der Waals surface area contributed by atoms with Gasteiger partial charge in [0.1, 0.15) is 6.04 Å². The Kier molecular flexibility index (Phi) is 5.84. The zero-order valence-electron chi connectivity index (χ0n) is 13.8.